The molecule has 0 spiro atoms. The van der Waals surface area contributed by atoms with Gasteiger partial charge in [-0.25, -0.2) is 0 Å². The fourth-order valence-electron chi connectivity index (χ4n) is 2.05. The van der Waals surface area contributed by atoms with E-state index in [0.717, 1.165) is 43.2 Å². The highest BCUT2D eigenvalue weighted by molar-refractivity contribution is 6.30. The second kappa shape index (κ2) is 9.31. The van der Waals surface area contributed by atoms with Gasteiger partial charge in [0.15, 0.2) is 0 Å². The van der Waals surface area contributed by atoms with Gasteiger partial charge in [0.25, 0.3) is 0 Å². The predicted molar refractivity (Wildman–Crippen MR) is 96.9 cm³/mol. The lowest BCUT2D eigenvalue weighted by Crippen LogP contribution is -2.22. The van der Waals surface area contributed by atoms with Crippen molar-refractivity contribution in [2.45, 2.75) is 32.8 Å². The first-order chi connectivity index (χ1) is 11.2. The molecule has 1 unspecified atom stereocenters. The van der Waals surface area contributed by atoms with Gasteiger partial charge < -0.3 is 14.8 Å². The zero-order valence-electron chi connectivity index (χ0n) is 13.7. The molecule has 2 aromatic rings. The molecule has 0 radical (unpaired) electrons. The standard InChI is InChI=1S/C19H24ClNO2/c1-3-4-13-22-18-11-7-17(8-12-18)21-14-15(2)23-19-9-5-16(20)6-10-19/h5-12,15,21H,3-4,13-14H2,1-2H3. The SMILES string of the molecule is CCCCOc1ccc(NCC(C)Oc2ccc(Cl)cc2)cc1. The van der Waals surface area contributed by atoms with E-state index in [4.69, 9.17) is 21.1 Å². The van der Waals surface area contributed by atoms with Crippen LogP contribution in [0.25, 0.3) is 0 Å². The van der Waals surface area contributed by atoms with Crippen LogP contribution in [0.15, 0.2) is 48.5 Å². The molecule has 0 bridgehead atoms. The van der Waals surface area contributed by atoms with Crippen LogP contribution in [0.4, 0.5) is 5.69 Å². The first-order valence-electron chi connectivity index (χ1n) is 8.06. The molecule has 4 heteroatoms. The second-order valence-electron chi connectivity index (χ2n) is 5.49. The van der Waals surface area contributed by atoms with Crippen LogP contribution >= 0.6 is 11.6 Å². The average molecular weight is 334 g/mol. The predicted octanol–water partition coefficient (Wildman–Crippen LogP) is 5.40. The number of hydrogen-bond acceptors (Lipinski definition) is 3. The van der Waals surface area contributed by atoms with Gasteiger partial charge in [-0.2, -0.15) is 0 Å². The van der Waals surface area contributed by atoms with E-state index in [0.29, 0.717) is 5.02 Å². The van der Waals surface area contributed by atoms with Crippen molar-refractivity contribution in [3.05, 3.63) is 53.6 Å². The van der Waals surface area contributed by atoms with Crippen LogP contribution < -0.4 is 14.8 Å². The summed E-state index contributed by atoms with van der Waals surface area (Å²) in [6, 6.07) is 15.4. The summed E-state index contributed by atoms with van der Waals surface area (Å²) >= 11 is 5.86. The maximum absolute atomic E-state index is 5.86. The molecule has 3 nitrogen and oxygen atoms in total. The highest BCUT2D eigenvalue weighted by Crippen LogP contribution is 2.18. The molecule has 1 N–H and O–H groups in total. The summed E-state index contributed by atoms with van der Waals surface area (Å²) in [4.78, 5) is 0. The van der Waals surface area contributed by atoms with E-state index in [-0.39, 0.29) is 6.10 Å². The molecule has 1 atom stereocenters. The minimum atomic E-state index is 0.0525. The third-order valence-corrected chi connectivity index (χ3v) is 3.62. The summed E-state index contributed by atoms with van der Waals surface area (Å²) in [6.45, 7) is 5.68. The van der Waals surface area contributed by atoms with Gasteiger partial charge in [-0.3, -0.25) is 0 Å². The highest BCUT2D eigenvalue weighted by Gasteiger charge is 2.04. The average Bonchev–Trinajstić information content (AvgIpc) is 2.56. The number of nitrogens with one attached hydrogen (secondary N) is 1. The van der Waals surface area contributed by atoms with E-state index in [1.807, 2.05) is 55.5 Å². The molecule has 124 valence electrons. The monoisotopic (exact) mass is 333 g/mol. The van der Waals surface area contributed by atoms with Crippen LogP contribution in [-0.2, 0) is 0 Å². The Hall–Kier alpha value is -1.87. The number of halogens is 1. The topological polar surface area (TPSA) is 30.5 Å². The number of rotatable bonds is 9. The van der Waals surface area contributed by atoms with Gasteiger partial charge in [0.05, 0.1) is 13.2 Å². The molecule has 0 aliphatic carbocycles. The molecule has 0 aliphatic rings. The Balaban J connectivity index is 1.75. The molecule has 2 aromatic carbocycles. The van der Waals surface area contributed by atoms with Crippen molar-refractivity contribution in [1.29, 1.82) is 0 Å². The molecule has 0 aliphatic heterocycles. The zero-order valence-corrected chi connectivity index (χ0v) is 14.5. The van der Waals surface area contributed by atoms with Crippen LogP contribution in [0.3, 0.4) is 0 Å². The number of hydrogen-bond donors (Lipinski definition) is 1. The van der Waals surface area contributed by atoms with Crippen LogP contribution in [0.5, 0.6) is 11.5 Å². The maximum Gasteiger partial charge on any atom is 0.119 e. The molecule has 23 heavy (non-hydrogen) atoms. The van der Waals surface area contributed by atoms with E-state index in [1.165, 1.54) is 0 Å². The molecule has 2 rings (SSSR count). The van der Waals surface area contributed by atoms with E-state index < -0.39 is 0 Å². The Kier molecular flexibility index (Phi) is 7.08. The van der Waals surface area contributed by atoms with Crippen LogP contribution in [-0.4, -0.2) is 19.3 Å². The first-order valence-corrected chi connectivity index (χ1v) is 8.44. The largest absolute Gasteiger partial charge is 0.494 e. The lowest BCUT2D eigenvalue weighted by Gasteiger charge is -2.16. The van der Waals surface area contributed by atoms with Crippen molar-refractivity contribution in [1.82, 2.24) is 0 Å². The summed E-state index contributed by atoms with van der Waals surface area (Å²) in [6.07, 6.45) is 2.28. The van der Waals surface area contributed by atoms with Crippen molar-refractivity contribution in [2.75, 3.05) is 18.5 Å². The van der Waals surface area contributed by atoms with Crippen molar-refractivity contribution in [3.63, 3.8) is 0 Å². The van der Waals surface area contributed by atoms with Gasteiger partial charge in [0.1, 0.15) is 17.6 Å². The van der Waals surface area contributed by atoms with E-state index in [9.17, 15) is 0 Å². The van der Waals surface area contributed by atoms with E-state index >= 15 is 0 Å². The van der Waals surface area contributed by atoms with Crippen molar-refractivity contribution in [3.8, 4) is 11.5 Å². The van der Waals surface area contributed by atoms with Crippen LogP contribution in [0, 0.1) is 0 Å². The summed E-state index contributed by atoms with van der Waals surface area (Å²) in [5.74, 6) is 1.73. The summed E-state index contributed by atoms with van der Waals surface area (Å²) in [7, 11) is 0. The normalized spacial score (nSPS) is 11.8. The second-order valence-corrected chi connectivity index (χ2v) is 5.93. The summed E-state index contributed by atoms with van der Waals surface area (Å²) in [5.41, 5.74) is 1.05. The Morgan fingerprint density at radius 3 is 2.30 bits per heavy atom. The lowest BCUT2D eigenvalue weighted by atomic mass is 10.3. The molecule has 0 saturated heterocycles. The van der Waals surface area contributed by atoms with Gasteiger partial charge in [0, 0.05) is 10.7 Å². The third-order valence-electron chi connectivity index (χ3n) is 3.37. The summed E-state index contributed by atoms with van der Waals surface area (Å²) < 4.78 is 11.5. The molecule has 0 fully saturated rings. The van der Waals surface area contributed by atoms with Crippen LogP contribution in [0.1, 0.15) is 26.7 Å². The van der Waals surface area contributed by atoms with Gasteiger partial charge in [-0.05, 0) is 61.9 Å². The Bertz CT molecular complexity index is 569. The lowest BCUT2D eigenvalue weighted by molar-refractivity contribution is 0.235. The fraction of sp³-hybridized carbons (Fsp3) is 0.368. The quantitative estimate of drug-likeness (QED) is 0.623. The molecular formula is C19H24ClNO2. The van der Waals surface area contributed by atoms with Crippen molar-refractivity contribution in [2.24, 2.45) is 0 Å². The van der Waals surface area contributed by atoms with Gasteiger partial charge in [-0.15, -0.1) is 0 Å². The Labute approximate surface area is 143 Å². The maximum atomic E-state index is 5.86. The van der Waals surface area contributed by atoms with E-state index in [2.05, 4.69) is 12.2 Å². The van der Waals surface area contributed by atoms with Crippen molar-refractivity contribution >= 4 is 17.3 Å². The van der Waals surface area contributed by atoms with Crippen molar-refractivity contribution < 1.29 is 9.47 Å². The fourth-order valence-corrected chi connectivity index (χ4v) is 2.18. The third kappa shape index (κ3) is 6.41. The molecular weight excluding hydrogens is 310 g/mol. The highest BCUT2D eigenvalue weighted by atomic mass is 35.5. The Morgan fingerprint density at radius 2 is 1.65 bits per heavy atom. The molecule has 0 heterocycles. The van der Waals surface area contributed by atoms with Crippen LogP contribution in [0.2, 0.25) is 5.02 Å². The number of benzene rings is 2. The first kappa shape index (κ1) is 17.5. The number of anilines is 1. The van der Waals surface area contributed by atoms with Gasteiger partial charge in [-0.1, -0.05) is 24.9 Å². The van der Waals surface area contributed by atoms with Gasteiger partial charge in [0.2, 0.25) is 0 Å². The van der Waals surface area contributed by atoms with E-state index in [1.54, 1.807) is 0 Å². The smallest absolute Gasteiger partial charge is 0.119 e. The minimum absolute atomic E-state index is 0.0525. The molecule has 0 saturated carbocycles. The summed E-state index contributed by atoms with van der Waals surface area (Å²) in [5, 5.41) is 4.08. The molecule has 0 amide bonds. The zero-order chi connectivity index (χ0) is 16.5. The van der Waals surface area contributed by atoms with Gasteiger partial charge >= 0.3 is 0 Å². The Morgan fingerprint density at radius 1 is 1.00 bits per heavy atom. The number of unbranched alkanes of at least 4 members (excludes halogenated alkanes) is 1. The number of ether oxygens (including phenoxy) is 2. The molecule has 0 aromatic heterocycles. The minimum Gasteiger partial charge on any atom is -0.494 e.